The SMILES string of the molecule is Cc1ccc2nc(CSc3nnc4ccccn34)cn2c1. The largest absolute Gasteiger partial charge is 0.307 e. The first kappa shape index (κ1) is 12.4. The van der Waals surface area contributed by atoms with Crippen molar-refractivity contribution in [1.29, 1.82) is 0 Å². The summed E-state index contributed by atoms with van der Waals surface area (Å²) in [6, 6.07) is 10.0. The normalized spacial score (nSPS) is 11.5. The van der Waals surface area contributed by atoms with Gasteiger partial charge in [-0.05, 0) is 30.7 Å². The minimum atomic E-state index is 0.774. The molecule has 0 atom stereocenters. The molecule has 0 aromatic carbocycles. The van der Waals surface area contributed by atoms with Crippen molar-refractivity contribution in [3.63, 3.8) is 0 Å². The summed E-state index contributed by atoms with van der Waals surface area (Å²) >= 11 is 1.64. The van der Waals surface area contributed by atoms with Gasteiger partial charge in [-0.1, -0.05) is 23.9 Å². The Morgan fingerprint density at radius 2 is 2.00 bits per heavy atom. The van der Waals surface area contributed by atoms with E-state index in [-0.39, 0.29) is 0 Å². The number of pyridine rings is 2. The van der Waals surface area contributed by atoms with Crippen LogP contribution in [0.2, 0.25) is 0 Å². The van der Waals surface area contributed by atoms with Gasteiger partial charge in [0.1, 0.15) is 5.65 Å². The molecule has 0 unspecified atom stereocenters. The lowest BCUT2D eigenvalue weighted by Crippen LogP contribution is -1.87. The average molecular weight is 295 g/mol. The van der Waals surface area contributed by atoms with Gasteiger partial charge in [-0.25, -0.2) is 4.98 Å². The van der Waals surface area contributed by atoms with Crippen molar-refractivity contribution in [2.45, 2.75) is 17.8 Å². The number of imidazole rings is 1. The second-order valence-electron chi connectivity index (χ2n) is 4.90. The van der Waals surface area contributed by atoms with Crippen LogP contribution in [0.5, 0.6) is 0 Å². The van der Waals surface area contributed by atoms with Crippen molar-refractivity contribution in [3.05, 3.63) is 60.2 Å². The highest BCUT2D eigenvalue weighted by atomic mass is 32.2. The van der Waals surface area contributed by atoms with E-state index in [0.29, 0.717) is 0 Å². The summed E-state index contributed by atoms with van der Waals surface area (Å²) < 4.78 is 4.05. The van der Waals surface area contributed by atoms with E-state index < -0.39 is 0 Å². The lowest BCUT2D eigenvalue weighted by Gasteiger charge is -1.97. The molecular formula is C15H13N5S. The third-order valence-corrected chi connectivity index (χ3v) is 4.26. The number of nitrogens with zero attached hydrogens (tertiary/aromatic N) is 5. The molecule has 0 spiro atoms. The number of thioether (sulfide) groups is 1. The molecule has 4 aromatic rings. The predicted molar refractivity (Wildman–Crippen MR) is 82.5 cm³/mol. The Kier molecular flexibility index (Phi) is 2.89. The van der Waals surface area contributed by atoms with Gasteiger partial charge in [0.05, 0.1) is 5.69 Å². The Balaban J connectivity index is 1.60. The van der Waals surface area contributed by atoms with Crippen LogP contribution in [0.4, 0.5) is 0 Å². The standard InChI is InChI=1S/C15H13N5S/c1-11-5-6-13-16-12(9-19(13)8-11)10-21-15-18-17-14-4-2-3-7-20(14)15/h2-9H,10H2,1H3. The lowest BCUT2D eigenvalue weighted by molar-refractivity contribution is 0.920. The zero-order valence-electron chi connectivity index (χ0n) is 11.5. The molecule has 0 N–H and O–H groups in total. The molecule has 104 valence electrons. The molecule has 21 heavy (non-hydrogen) atoms. The minimum Gasteiger partial charge on any atom is -0.307 e. The third-order valence-electron chi connectivity index (χ3n) is 3.28. The molecule has 0 saturated heterocycles. The summed E-state index contributed by atoms with van der Waals surface area (Å²) in [5, 5.41) is 9.26. The van der Waals surface area contributed by atoms with E-state index in [1.54, 1.807) is 11.8 Å². The highest BCUT2D eigenvalue weighted by Gasteiger charge is 2.07. The zero-order chi connectivity index (χ0) is 14.2. The molecule has 4 aromatic heterocycles. The summed E-state index contributed by atoms with van der Waals surface area (Å²) in [5.41, 5.74) is 4.11. The van der Waals surface area contributed by atoms with Gasteiger partial charge in [0.2, 0.25) is 0 Å². The summed E-state index contributed by atoms with van der Waals surface area (Å²) in [6.07, 6.45) is 6.13. The highest BCUT2D eigenvalue weighted by Crippen LogP contribution is 2.21. The zero-order valence-corrected chi connectivity index (χ0v) is 12.3. The van der Waals surface area contributed by atoms with Crippen LogP contribution in [0.3, 0.4) is 0 Å². The molecule has 0 aliphatic heterocycles. The fourth-order valence-electron chi connectivity index (χ4n) is 2.28. The molecule has 0 aliphatic rings. The monoisotopic (exact) mass is 295 g/mol. The second kappa shape index (κ2) is 4.89. The number of aromatic nitrogens is 5. The Morgan fingerprint density at radius 1 is 1.05 bits per heavy atom. The predicted octanol–water partition coefficient (Wildman–Crippen LogP) is 2.98. The van der Waals surface area contributed by atoms with Crippen LogP contribution in [0.15, 0.2) is 54.1 Å². The summed E-state index contributed by atoms with van der Waals surface area (Å²) in [5.74, 6) is 0.774. The highest BCUT2D eigenvalue weighted by molar-refractivity contribution is 7.98. The fourth-order valence-corrected chi connectivity index (χ4v) is 3.09. The van der Waals surface area contributed by atoms with Crippen molar-refractivity contribution in [2.24, 2.45) is 0 Å². The topological polar surface area (TPSA) is 47.5 Å². The molecule has 6 heteroatoms. The van der Waals surface area contributed by atoms with Crippen LogP contribution >= 0.6 is 11.8 Å². The smallest absolute Gasteiger partial charge is 0.195 e. The molecule has 0 bridgehead atoms. The Bertz CT molecular complexity index is 924. The molecule has 5 nitrogen and oxygen atoms in total. The Labute approximate surface area is 125 Å². The molecule has 0 amide bonds. The van der Waals surface area contributed by atoms with Crippen molar-refractivity contribution in [3.8, 4) is 0 Å². The van der Waals surface area contributed by atoms with E-state index in [4.69, 9.17) is 0 Å². The number of hydrogen-bond donors (Lipinski definition) is 0. The molecule has 0 fully saturated rings. The van der Waals surface area contributed by atoms with Gasteiger partial charge >= 0.3 is 0 Å². The molecule has 0 aliphatic carbocycles. The van der Waals surface area contributed by atoms with E-state index in [1.165, 1.54) is 5.56 Å². The quantitative estimate of drug-likeness (QED) is 0.545. The van der Waals surface area contributed by atoms with Gasteiger partial charge in [-0.3, -0.25) is 4.40 Å². The van der Waals surface area contributed by atoms with E-state index in [2.05, 4.69) is 45.0 Å². The van der Waals surface area contributed by atoms with Crippen LogP contribution in [-0.2, 0) is 5.75 Å². The number of rotatable bonds is 3. The van der Waals surface area contributed by atoms with Crippen molar-refractivity contribution in [2.75, 3.05) is 0 Å². The van der Waals surface area contributed by atoms with E-state index in [0.717, 1.165) is 27.9 Å². The molecule has 0 radical (unpaired) electrons. The van der Waals surface area contributed by atoms with Gasteiger partial charge in [-0.2, -0.15) is 0 Å². The summed E-state index contributed by atoms with van der Waals surface area (Å²) in [6.45, 7) is 2.08. The van der Waals surface area contributed by atoms with Crippen molar-refractivity contribution < 1.29 is 0 Å². The lowest BCUT2D eigenvalue weighted by atomic mass is 10.3. The van der Waals surface area contributed by atoms with Gasteiger partial charge in [0, 0.05) is 24.3 Å². The minimum absolute atomic E-state index is 0.774. The molecular weight excluding hydrogens is 282 g/mol. The number of aryl methyl sites for hydroxylation is 1. The van der Waals surface area contributed by atoms with E-state index in [1.807, 2.05) is 34.9 Å². The first-order valence-electron chi connectivity index (χ1n) is 6.66. The van der Waals surface area contributed by atoms with Gasteiger partial charge in [0.25, 0.3) is 0 Å². The molecule has 0 saturated carbocycles. The number of hydrogen-bond acceptors (Lipinski definition) is 4. The van der Waals surface area contributed by atoms with Crippen LogP contribution in [0, 0.1) is 6.92 Å². The van der Waals surface area contributed by atoms with Crippen LogP contribution in [0.1, 0.15) is 11.3 Å². The van der Waals surface area contributed by atoms with Gasteiger partial charge < -0.3 is 4.40 Å². The first-order valence-corrected chi connectivity index (χ1v) is 7.65. The Hall–Kier alpha value is -2.34. The maximum absolute atomic E-state index is 4.62. The fraction of sp³-hybridized carbons (Fsp3) is 0.133. The molecule has 4 rings (SSSR count). The van der Waals surface area contributed by atoms with Gasteiger partial charge in [0.15, 0.2) is 10.8 Å². The average Bonchev–Trinajstić information content (AvgIpc) is 3.08. The third kappa shape index (κ3) is 2.27. The van der Waals surface area contributed by atoms with Crippen molar-refractivity contribution in [1.82, 2.24) is 24.0 Å². The molecule has 4 heterocycles. The van der Waals surface area contributed by atoms with E-state index in [9.17, 15) is 0 Å². The number of fused-ring (bicyclic) bond motifs is 2. The van der Waals surface area contributed by atoms with Gasteiger partial charge in [-0.15, -0.1) is 10.2 Å². The maximum Gasteiger partial charge on any atom is 0.195 e. The summed E-state index contributed by atoms with van der Waals surface area (Å²) in [4.78, 5) is 4.62. The first-order chi connectivity index (χ1) is 10.3. The maximum atomic E-state index is 4.62. The van der Waals surface area contributed by atoms with Crippen LogP contribution in [0.25, 0.3) is 11.3 Å². The van der Waals surface area contributed by atoms with E-state index >= 15 is 0 Å². The van der Waals surface area contributed by atoms with Crippen LogP contribution in [-0.4, -0.2) is 24.0 Å². The summed E-state index contributed by atoms with van der Waals surface area (Å²) in [7, 11) is 0. The van der Waals surface area contributed by atoms with Crippen molar-refractivity contribution >= 4 is 23.1 Å². The Morgan fingerprint density at radius 3 is 2.95 bits per heavy atom. The van der Waals surface area contributed by atoms with Crippen LogP contribution < -0.4 is 0 Å². The second-order valence-corrected chi connectivity index (χ2v) is 5.85.